The van der Waals surface area contributed by atoms with E-state index in [0.717, 1.165) is 11.9 Å². The number of hydrogen-bond donors (Lipinski definition) is 2. The van der Waals surface area contributed by atoms with Crippen molar-refractivity contribution in [2.45, 2.75) is 18.1 Å². The number of anilines is 1. The number of likely N-dealkylation sites (tertiary alicyclic amines) is 1. The fourth-order valence-corrected chi connectivity index (χ4v) is 5.80. The molecule has 0 aliphatic carbocycles. The molecule has 1 aromatic heterocycles. The summed E-state index contributed by atoms with van der Waals surface area (Å²) >= 11 is 0. The molecule has 2 fully saturated rings. The summed E-state index contributed by atoms with van der Waals surface area (Å²) in [6.07, 6.45) is 6.23. The average molecular weight is 474 g/mol. The van der Waals surface area contributed by atoms with Crippen molar-refractivity contribution in [1.29, 1.82) is 0 Å². The molecule has 3 aliphatic heterocycles. The van der Waals surface area contributed by atoms with Gasteiger partial charge in [0.2, 0.25) is 11.8 Å². The number of hydrogen-bond acceptors (Lipinski definition) is 5. The molecular weight excluding hydrogens is 446 g/mol. The number of carbonyl (C=O) groups is 2. The van der Waals surface area contributed by atoms with Crippen molar-refractivity contribution in [3.05, 3.63) is 66.4 Å². The van der Waals surface area contributed by atoms with Gasteiger partial charge in [-0.3, -0.25) is 9.59 Å². The van der Waals surface area contributed by atoms with Crippen LogP contribution in [0.15, 0.2) is 60.8 Å². The van der Waals surface area contributed by atoms with Crippen LogP contribution < -0.4 is 14.8 Å². The molecule has 180 valence electrons. The van der Waals surface area contributed by atoms with Gasteiger partial charge in [0.15, 0.2) is 11.5 Å². The first-order valence-electron chi connectivity index (χ1n) is 11.8. The van der Waals surface area contributed by atoms with Gasteiger partial charge in [-0.2, -0.15) is 0 Å². The molecule has 0 saturated carbocycles. The van der Waals surface area contributed by atoms with Gasteiger partial charge in [-0.15, -0.1) is 0 Å². The molecule has 0 unspecified atom stereocenters. The standard InChI is InChI=1S/C27H27N3O5/c1-33-20-8-7-17(13-22(20)34-2)29-25(31)23-21-9-11-27(35-21)15-30(26(32)24(23)27)12-10-16-14-28-19-6-4-3-5-18(16)19/h3-9,11,13-14,21,23-24,28H,10,12,15H2,1-2H3,(H,29,31)/t21-,23+,24-,27-/m1/s1. The van der Waals surface area contributed by atoms with E-state index in [9.17, 15) is 9.59 Å². The maximum Gasteiger partial charge on any atom is 0.231 e. The van der Waals surface area contributed by atoms with Gasteiger partial charge in [0, 0.05) is 35.4 Å². The number of aromatic nitrogens is 1. The first-order chi connectivity index (χ1) is 17.0. The van der Waals surface area contributed by atoms with Crippen LogP contribution in [-0.2, 0) is 20.7 Å². The molecular formula is C27H27N3O5. The number of ether oxygens (including phenoxy) is 3. The second kappa shape index (κ2) is 8.16. The third-order valence-corrected chi connectivity index (χ3v) is 7.46. The van der Waals surface area contributed by atoms with Crippen molar-refractivity contribution < 1.29 is 23.8 Å². The number of nitrogens with one attached hydrogen (secondary N) is 2. The summed E-state index contributed by atoms with van der Waals surface area (Å²) in [5.74, 6) is -0.271. The van der Waals surface area contributed by atoms with Gasteiger partial charge >= 0.3 is 0 Å². The summed E-state index contributed by atoms with van der Waals surface area (Å²) in [4.78, 5) is 32.0. The molecule has 2 saturated heterocycles. The zero-order chi connectivity index (χ0) is 24.2. The van der Waals surface area contributed by atoms with Crippen LogP contribution in [0.1, 0.15) is 5.56 Å². The van der Waals surface area contributed by atoms with Crippen molar-refractivity contribution in [1.82, 2.24) is 9.88 Å². The zero-order valence-electron chi connectivity index (χ0n) is 19.6. The zero-order valence-corrected chi connectivity index (χ0v) is 19.6. The molecule has 2 amide bonds. The molecule has 2 N–H and O–H groups in total. The number of para-hydroxylation sites is 1. The predicted octanol–water partition coefficient (Wildman–Crippen LogP) is 3.15. The maximum absolute atomic E-state index is 13.5. The minimum atomic E-state index is -0.735. The number of methoxy groups -OCH3 is 2. The van der Waals surface area contributed by atoms with E-state index in [4.69, 9.17) is 14.2 Å². The fraction of sp³-hybridized carbons (Fsp3) is 0.333. The Morgan fingerprint density at radius 1 is 1.20 bits per heavy atom. The summed E-state index contributed by atoms with van der Waals surface area (Å²) in [5.41, 5.74) is 2.10. The number of nitrogens with zero attached hydrogens (tertiary/aromatic N) is 1. The highest BCUT2D eigenvalue weighted by Crippen LogP contribution is 2.52. The van der Waals surface area contributed by atoms with Crippen LogP contribution in [0.4, 0.5) is 5.69 Å². The van der Waals surface area contributed by atoms with Gasteiger partial charge in [-0.25, -0.2) is 0 Å². The quantitative estimate of drug-likeness (QED) is 0.515. The Balaban J connectivity index is 1.19. The van der Waals surface area contributed by atoms with E-state index in [2.05, 4.69) is 16.4 Å². The monoisotopic (exact) mass is 473 g/mol. The molecule has 3 aliphatic rings. The average Bonchev–Trinajstić information content (AvgIpc) is 3.62. The Kier molecular flexibility index (Phi) is 5.07. The molecule has 2 aromatic carbocycles. The summed E-state index contributed by atoms with van der Waals surface area (Å²) in [6.45, 7) is 1.04. The Morgan fingerprint density at radius 2 is 2.03 bits per heavy atom. The van der Waals surface area contributed by atoms with Gasteiger partial charge in [0.05, 0.1) is 38.7 Å². The highest BCUT2D eigenvalue weighted by Gasteiger charge is 2.66. The van der Waals surface area contributed by atoms with E-state index in [1.807, 2.05) is 41.4 Å². The molecule has 8 nitrogen and oxygen atoms in total. The Hall–Kier alpha value is -3.78. The first-order valence-corrected chi connectivity index (χ1v) is 11.8. The molecule has 4 atom stereocenters. The van der Waals surface area contributed by atoms with Crippen LogP contribution in [0.2, 0.25) is 0 Å². The third kappa shape index (κ3) is 3.39. The molecule has 1 spiro atoms. The first kappa shape index (κ1) is 21.7. The Bertz CT molecular complexity index is 1350. The lowest BCUT2D eigenvalue weighted by Gasteiger charge is -2.23. The number of H-pyrrole nitrogens is 1. The van der Waals surface area contributed by atoms with Gasteiger partial charge < -0.3 is 29.4 Å². The molecule has 8 heteroatoms. The second-order valence-electron chi connectivity index (χ2n) is 9.33. The predicted molar refractivity (Wildman–Crippen MR) is 130 cm³/mol. The molecule has 3 aromatic rings. The Labute approximate surface area is 202 Å². The van der Waals surface area contributed by atoms with Crippen LogP contribution in [0.5, 0.6) is 11.5 Å². The SMILES string of the molecule is COc1ccc(NC(=O)[C@H]2[C@H]3C=C[C@]4(CN(CCc5c[nH]c6ccccc56)C(=O)[C@@H]24)O3)cc1OC. The fourth-order valence-electron chi connectivity index (χ4n) is 5.80. The number of amides is 2. The molecule has 2 bridgehead atoms. The van der Waals surface area contributed by atoms with E-state index in [1.54, 1.807) is 32.4 Å². The Morgan fingerprint density at radius 3 is 2.86 bits per heavy atom. The number of fused-ring (bicyclic) bond motifs is 2. The van der Waals surface area contributed by atoms with Crippen molar-refractivity contribution in [3.63, 3.8) is 0 Å². The lowest BCUT2D eigenvalue weighted by Crippen LogP contribution is -2.41. The van der Waals surface area contributed by atoms with Crippen LogP contribution in [0, 0.1) is 11.8 Å². The van der Waals surface area contributed by atoms with Crippen molar-refractivity contribution in [2.75, 3.05) is 32.6 Å². The van der Waals surface area contributed by atoms with Crippen molar-refractivity contribution in [3.8, 4) is 11.5 Å². The summed E-state index contributed by atoms with van der Waals surface area (Å²) in [6, 6.07) is 13.3. The topological polar surface area (TPSA) is 92.9 Å². The minimum Gasteiger partial charge on any atom is -0.493 e. The number of benzene rings is 2. The smallest absolute Gasteiger partial charge is 0.231 e. The van der Waals surface area contributed by atoms with Gasteiger partial charge in [-0.1, -0.05) is 30.4 Å². The van der Waals surface area contributed by atoms with Crippen LogP contribution in [-0.4, -0.2) is 60.7 Å². The highest BCUT2D eigenvalue weighted by atomic mass is 16.5. The maximum atomic E-state index is 13.5. The lowest BCUT2D eigenvalue weighted by molar-refractivity contribution is -0.135. The molecule has 35 heavy (non-hydrogen) atoms. The largest absolute Gasteiger partial charge is 0.493 e. The second-order valence-corrected chi connectivity index (χ2v) is 9.33. The van der Waals surface area contributed by atoms with E-state index >= 15 is 0 Å². The van der Waals surface area contributed by atoms with E-state index < -0.39 is 23.5 Å². The van der Waals surface area contributed by atoms with Gasteiger partial charge in [-0.05, 0) is 30.2 Å². The van der Waals surface area contributed by atoms with E-state index in [1.165, 1.54) is 10.9 Å². The molecule has 0 radical (unpaired) electrons. The van der Waals surface area contributed by atoms with Crippen molar-refractivity contribution in [2.24, 2.45) is 11.8 Å². The molecule has 6 rings (SSSR count). The van der Waals surface area contributed by atoms with Crippen LogP contribution in [0.25, 0.3) is 10.9 Å². The summed E-state index contributed by atoms with van der Waals surface area (Å²) in [5, 5.41) is 4.12. The van der Waals surface area contributed by atoms with Gasteiger partial charge in [0.25, 0.3) is 0 Å². The summed E-state index contributed by atoms with van der Waals surface area (Å²) < 4.78 is 16.9. The number of rotatable bonds is 7. The van der Waals surface area contributed by atoms with Crippen molar-refractivity contribution >= 4 is 28.4 Å². The highest BCUT2D eigenvalue weighted by molar-refractivity contribution is 5.99. The summed E-state index contributed by atoms with van der Waals surface area (Å²) in [7, 11) is 3.11. The number of aromatic amines is 1. The van der Waals surface area contributed by atoms with E-state index in [-0.39, 0.29) is 11.8 Å². The van der Waals surface area contributed by atoms with Crippen LogP contribution >= 0.6 is 0 Å². The van der Waals surface area contributed by atoms with Gasteiger partial charge in [0.1, 0.15) is 5.60 Å². The minimum absolute atomic E-state index is 0.0239. The third-order valence-electron chi connectivity index (χ3n) is 7.46. The lowest BCUT2D eigenvalue weighted by atomic mass is 9.77. The van der Waals surface area contributed by atoms with E-state index in [0.29, 0.717) is 30.3 Å². The normalized spacial score (nSPS) is 26.4. The molecule has 4 heterocycles. The van der Waals surface area contributed by atoms with Crippen LogP contribution in [0.3, 0.4) is 0 Å². The number of carbonyl (C=O) groups excluding carboxylic acids is 2.